The first-order valence-corrected chi connectivity index (χ1v) is 12.5. The van der Waals surface area contributed by atoms with Gasteiger partial charge >= 0.3 is 8.03 Å². The van der Waals surface area contributed by atoms with Crippen LogP contribution in [0.15, 0.2) is 53.1 Å². The molecule has 0 fully saturated rings. The SMILES string of the molecule is CC(C)=CCCC(C)=CCCC(C)=CCC(C(=O)NCc1cccc(Cl)c1Cl)[P+](=O)O. The van der Waals surface area contributed by atoms with Crippen LogP contribution >= 0.6 is 31.2 Å². The topological polar surface area (TPSA) is 66.4 Å². The zero-order valence-corrected chi connectivity index (χ0v) is 21.2. The molecule has 0 heterocycles. The van der Waals surface area contributed by atoms with Crippen molar-refractivity contribution in [2.45, 2.75) is 72.0 Å². The highest BCUT2D eigenvalue weighted by Crippen LogP contribution is 2.28. The zero-order valence-electron chi connectivity index (χ0n) is 18.8. The maximum atomic E-state index is 12.4. The molecule has 0 aliphatic carbocycles. The van der Waals surface area contributed by atoms with Gasteiger partial charge < -0.3 is 5.32 Å². The van der Waals surface area contributed by atoms with Gasteiger partial charge in [0, 0.05) is 13.0 Å². The van der Waals surface area contributed by atoms with Crippen LogP contribution < -0.4 is 5.32 Å². The van der Waals surface area contributed by atoms with Gasteiger partial charge in [0.2, 0.25) is 0 Å². The number of rotatable bonds is 12. The van der Waals surface area contributed by atoms with Gasteiger partial charge in [-0.15, -0.1) is 0 Å². The Morgan fingerprint density at radius 1 is 1.06 bits per heavy atom. The molecule has 170 valence electrons. The van der Waals surface area contributed by atoms with E-state index in [4.69, 9.17) is 23.2 Å². The summed E-state index contributed by atoms with van der Waals surface area (Å²) in [6, 6.07) is 5.15. The predicted molar refractivity (Wildman–Crippen MR) is 132 cm³/mol. The Labute approximate surface area is 197 Å². The van der Waals surface area contributed by atoms with Crippen LogP contribution in [0.3, 0.4) is 0 Å². The number of carbonyl (C=O) groups is 1. The fourth-order valence-electron chi connectivity index (χ4n) is 2.93. The number of hydrogen-bond acceptors (Lipinski definition) is 2. The Kier molecular flexibility index (Phi) is 13.0. The second kappa shape index (κ2) is 14.6. The summed E-state index contributed by atoms with van der Waals surface area (Å²) in [4.78, 5) is 22.1. The number of hydrogen-bond donors (Lipinski definition) is 2. The summed E-state index contributed by atoms with van der Waals surface area (Å²) in [6.07, 6.45) is 10.5. The van der Waals surface area contributed by atoms with Gasteiger partial charge in [-0.2, -0.15) is 4.89 Å². The first kappa shape index (κ1) is 27.6. The predicted octanol–water partition coefficient (Wildman–Crippen LogP) is 7.52. The smallest absolute Gasteiger partial charge is 0.348 e. The lowest BCUT2D eigenvalue weighted by Gasteiger charge is -2.09. The summed E-state index contributed by atoms with van der Waals surface area (Å²) in [7, 11) is -2.65. The second-order valence-corrected chi connectivity index (χ2v) is 9.96. The second-order valence-electron chi connectivity index (χ2n) is 7.94. The van der Waals surface area contributed by atoms with Crippen molar-refractivity contribution in [1.82, 2.24) is 5.32 Å². The third-order valence-electron chi connectivity index (χ3n) is 4.87. The lowest BCUT2D eigenvalue weighted by molar-refractivity contribution is -0.120. The Morgan fingerprint density at radius 2 is 1.68 bits per heavy atom. The van der Waals surface area contributed by atoms with Crippen molar-refractivity contribution in [3.63, 3.8) is 0 Å². The first-order valence-electron chi connectivity index (χ1n) is 10.4. The molecule has 0 spiro atoms. The largest absolute Gasteiger partial charge is 0.519 e. The number of nitrogens with one attached hydrogen (secondary N) is 1. The van der Waals surface area contributed by atoms with Crippen molar-refractivity contribution in [2.75, 3.05) is 0 Å². The van der Waals surface area contributed by atoms with Crippen molar-refractivity contribution in [3.05, 3.63) is 68.8 Å². The van der Waals surface area contributed by atoms with E-state index in [0.717, 1.165) is 31.3 Å². The van der Waals surface area contributed by atoms with Crippen LogP contribution in [0.4, 0.5) is 0 Å². The molecule has 4 nitrogen and oxygen atoms in total. The first-order chi connectivity index (χ1) is 14.6. The van der Waals surface area contributed by atoms with Crippen LogP contribution in [0.25, 0.3) is 0 Å². The molecule has 0 bridgehead atoms. The average Bonchev–Trinajstić information content (AvgIpc) is 2.68. The summed E-state index contributed by atoms with van der Waals surface area (Å²) >= 11 is 12.1. The minimum atomic E-state index is -2.65. The quantitative estimate of drug-likeness (QED) is 0.238. The summed E-state index contributed by atoms with van der Waals surface area (Å²) in [5.41, 5.74) is 3.46. The normalized spacial score (nSPS) is 13.6. The van der Waals surface area contributed by atoms with Crippen LogP contribution in [0.5, 0.6) is 0 Å². The Hall–Kier alpha value is -1.45. The number of halogens is 2. The molecule has 0 saturated carbocycles. The standard InChI is InChI=1S/C24H32Cl2NO3P/c1-17(2)8-5-9-18(3)10-6-11-19(4)14-15-22(31(29)30)24(28)27-16-20-12-7-13-21(25)23(20)26/h7-8,10,12-14,22H,5-6,9,11,15-16H2,1-4H3,(H-,27,28,29,30)/p+1. The minimum Gasteiger partial charge on any atom is -0.348 e. The van der Waals surface area contributed by atoms with Gasteiger partial charge in [0.1, 0.15) is 0 Å². The molecule has 0 saturated heterocycles. The highest BCUT2D eigenvalue weighted by molar-refractivity contribution is 7.40. The molecule has 7 heteroatoms. The molecule has 1 amide bonds. The third kappa shape index (κ3) is 11.1. The minimum absolute atomic E-state index is 0.150. The van der Waals surface area contributed by atoms with Gasteiger partial charge in [0.05, 0.1) is 10.0 Å². The number of allylic oxidation sites excluding steroid dienone is 6. The zero-order chi connectivity index (χ0) is 23.4. The van der Waals surface area contributed by atoms with Gasteiger partial charge in [-0.1, -0.05) is 70.3 Å². The van der Waals surface area contributed by atoms with E-state index < -0.39 is 19.6 Å². The van der Waals surface area contributed by atoms with Gasteiger partial charge in [0.25, 0.3) is 11.6 Å². The summed E-state index contributed by atoms with van der Waals surface area (Å²) in [6.45, 7) is 8.48. The van der Waals surface area contributed by atoms with E-state index in [1.54, 1.807) is 18.2 Å². The summed E-state index contributed by atoms with van der Waals surface area (Å²) in [5.74, 6) is -0.473. The van der Waals surface area contributed by atoms with E-state index in [0.29, 0.717) is 15.6 Å². The van der Waals surface area contributed by atoms with E-state index in [1.807, 2.05) is 13.0 Å². The number of benzene rings is 1. The van der Waals surface area contributed by atoms with Gasteiger partial charge in [0.15, 0.2) is 0 Å². The molecule has 1 rings (SSSR count). The van der Waals surface area contributed by atoms with E-state index in [2.05, 4.69) is 38.2 Å². The summed E-state index contributed by atoms with van der Waals surface area (Å²) in [5, 5.41) is 3.46. The Morgan fingerprint density at radius 3 is 2.29 bits per heavy atom. The van der Waals surface area contributed by atoms with Crippen LogP contribution in [0, 0.1) is 0 Å². The molecule has 1 aromatic rings. The Bertz CT molecular complexity index is 858. The van der Waals surface area contributed by atoms with Crippen LogP contribution in [0.2, 0.25) is 10.0 Å². The molecule has 0 radical (unpaired) electrons. The van der Waals surface area contributed by atoms with Crippen molar-refractivity contribution in [3.8, 4) is 0 Å². The highest BCUT2D eigenvalue weighted by atomic mass is 35.5. The van der Waals surface area contributed by atoms with Crippen molar-refractivity contribution < 1.29 is 14.3 Å². The lowest BCUT2D eigenvalue weighted by Crippen LogP contribution is -2.32. The number of amides is 1. The summed E-state index contributed by atoms with van der Waals surface area (Å²) < 4.78 is 11.7. The maximum absolute atomic E-state index is 12.4. The van der Waals surface area contributed by atoms with Crippen LogP contribution in [-0.4, -0.2) is 16.5 Å². The van der Waals surface area contributed by atoms with Gasteiger partial charge in [-0.25, -0.2) is 0 Å². The fraction of sp³-hybridized carbons (Fsp3) is 0.458. The molecule has 31 heavy (non-hydrogen) atoms. The van der Waals surface area contributed by atoms with Crippen LogP contribution in [0.1, 0.15) is 65.4 Å². The molecule has 2 N–H and O–H groups in total. The van der Waals surface area contributed by atoms with Gasteiger partial charge in [-0.3, -0.25) is 4.79 Å². The molecule has 2 unspecified atom stereocenters. The molecule has 2 atom stereocenters. The molecule has 0 aliphatic heterocycles. The molecular weight excluding hydrogens is 452 g/mol. The highest BCUT2D eigenvalue weighted by Gasteiger charge is 2.35. The molecule has 1 aromatic carbocycles. The molecule has 0 aliphatic rings. The van der Waals surface area contributed by atoms with Gasteiger partial charge in [-0.05, 0) is 69.6 Å². The molecule has 0 aromatic heterocycles. The average molecular weight is 485 g/mol. The molecular formula is C24H33Cl2NO3P+. The fourth-order valence-corrected chi connectivity index (χ4v) is 3.90. The third-order valence-corrected chi connectivity index (χ3v) is 6.70. The Balaban J connectivity index is 2.56. The lowest BCUT2D eigenvalue weighted by atomic mass is 10.1. The van der Waals surface area contributed by atoms with Crippen molar-refractivity contribution in [2.24, 2.45) is 0 Å². The number of carbonyl (C=O) groups excluding carboxylic acids is 1. The van der Waals surface area contributed by atoms with E-state index in [-0.39, 0.29) is 13.0 Å². The van der Waals surface area contributed by atoms with Crippen molar-refractivity contribution in [1.29, 1.82) is 0 Å². The maximum Gasteiger partial charge on any atom is 0.519 e. The van der Waals surface area contributed by atoms with Crippen molar-refractivity contribution >= 4 is 37.1 Å². The van der Waals surface area contributed by atoms with E-state index in [9.17, 15) is 14.3 Å². The monoisotopic (exact) mass is 484 g/mol. The van der Waals surface area contributed by atoms with Crippen LogP contribution in [-0.2, 0) is 15.9 Å². The van der Waals surface area contributed by atoms with E-state index >= 15 is 0 Å². The van der Waals surface area contributed by atoms with E-state index in [1.165, 1.54) is 11.1 Å².